The van der Waals surface area contributed by atoms with E-state index < -0.39 is 0 Å². The van der Waals surface area contributed by atoms with Crippen molar-refractivity contribution in [1.29, 1.82) is 0 Å². The third-order valence-electron chi connectivity index (χ3n) is 3.95. The highest BCUT2D eigenvalue weighted by atomic mass is 32.2. The number of hydrogen-bond donors (Lipinski definition) is 1. The second-order valence-electron chi connectivity index (χ2n) is 5.47. The highest BCUT2D eigenvalue weighted by Gasteiger charge is 2.29. The molecule has 1 aromatic heterocycles. The minimum Gasteiger partial charge on any atom is -0.496 e. The fourth-order valence-electron chi connectivity index (χ4n) is 2.78. The van der Waals surface area contributed by atoms with Gasteiger partial charge in [-0.05, 0) is 37.3 Å². The second kappa shape index (κ2) is 6.68. The molecule has 4 rings (SSSR count). The largest absolute Gasteiger partial charge is 0.496 e. The van der Waals surface area contributed by atoms with Gasteiger partial charge in [-0.1, -0.05) is 30.0 Å². The molecule has 2 heterocycles. The molecular formula is C18H18N4O2S. The first-order valence-electron chi connectivity index (χ1n) is 8.05. The van der Waals surface area contributed by atoms with Gasteiger partial charge < -0.3 is 14.9 Å². The zero-order chi connectivity index (χ0) is 17.2. The molecule has 1 aliphatic rings. The average Bonchev–Trinajstić information content (AvgIpc) is 3.23. The lowest BCUT2D eigenvalue weighted by Gasteiger charge is -2.15. The van der Waals surface area contributed by atoms with Crippen LogP contribution in [0, 0.1) is 0 Å². The van der Waals surface area contributed by atoms with Crippen molar-refractivity contribution < 1.29 is 9.47 Å². The first-order valence-corrected chi connectivity index (χ1v) is 8.93. The van der Waals surface area contributed by atoms with E-state index in [4.69, 9.17) is 9.47 Å². The molecule has 1 aliphatic heterocycles. The summed E-state index contributed by atoms with van der Waals surface area (Å²) in [6.45, 7) is 2.62. The van der Waals surface area contributed by atoms with E-state index in [0.717, 1.165) is 33.6 Å². The van der Waals surface area contributed by atoms with Crippen molar-refractivity contribution in [1.82, 2.24) is 14.9 Å². The molecule has 128 valence electrons. The van der Waals surface area contributed by atoms with Crippen molar-refractivity contribution in [2.45, 2.75) is 17.5 Å². The maximum Gasteiger partial charge on any atom is 0.212 e. The Labute approximate surface area is 150 Å². The fourth-order valence-corrected chi connectivity index (χ4v) is 3.80. The zero-order valence-electron chi connectivity index (χ0n) is 14.0. The first kappa shape index (κ1) is 15.8. The molecule has 0 radical (unpaired) electrons. The molecule has 0 fully saturated rings. The predicted molar refractivity (Wildman–Crippen MR) is 97.6 cm³/mol. The molecule has 0 bridgehead atoms. The van der Waals surface area contributed by atoms with E-state index in [1.165, 1.54) is 0 Å². The van der Waals surface area contributed by atoms with Crippen LogP contribution in [0.1, 0.15) is 17.9 Å². The third kappa shape index (κ3) is 2.91. The summed E-state index contributed by atoms with van der Waals surface area (Å²) in [6, 6.07) is 15.9. The van der Waals surface area contributed by atoms with Gasteiger partial charge in [-0.25, -0.2) is 4.68 Å². The van der Waals surface area contributed by atoms with Crippen molar-refractivity contribution in [3.05, 3.63) is 54.1 Å². The number of fused-ring (bicyclic) bond motifs is 1. The highest BCUT2D eigenvalue weighted by molar-refractivity contribution is 7.99. The summed E-state index contributed by atoms with van der Waals surface area (Å²) in [5, 5.41) is 9.48. The highest BCUT2D eigenvalue weighted by Crippen LogP contribution is 2.43. The lowest BCUT2D eigenvalue weighted by atomic mass is 10.2. The summed E-state index contributed by atoms with van der Waals surface area (Å²) in [7, 11) is 1.68. The smallest absolute Gasteiger partial charge is 0.212 e. The second-order valence-corrected chi connectivity index (χ2v) is 6.54. The van der Waals surface area contributed by atoms with Crippen LogP contribution in [0.25, 0.3) is 11.4 Å². The number of rotatable bonds is 5. The van der Waals surface area contributed by atoms with Crippen LogP contribution in [-0.2, 0) is 0 Å². The summed E-state index contributed by atoms with van der Waals surface area (Å²) in [4.78, 5) is 0. The predicted octanol–water partition coefficient (Wildman–Crippen LogP) is 3.70. The Morgan fingerprint density at radius 1 is 1.12 bits per heavy atom. The van der Waals surface area contributed by atoms with E-state index >= 15 is 0 Å². The number of thioether (sulfide) groups is 1. The van der Waals surface area contributed by atoms with Gasteiger partial charge in [0.25, 0.3) is 0 Å². The molecule has 0 saturated carbocycles. The van der Waals surface area contributed by atoms with E-state index in [1.807, 2.05) is 54.1 Å². The van der Waals surface area contributed by atoms with Crippen molar-refractivity contribution in [2.75, 3.05) is 19.1 Å². The van der Waals surface area contributed by atoms with E-state index in [-0.39, 0.29) is 5.37 Å². The molecule has 0 amide bonds. The Kier molecular flexibility index (Phi) is 4.23. The summed E-state index contributed by atoms with van der Waals surface area (Å²) in [5.41, 5.74) is 5.52. The zero-order valence-corrected chi connectivity index (χ0v) is 14.8. The standard InChI is InChI=1S/C18H18N4O2S/c1-3-24-13-10-8-12(9-11-13)16-19-20-18-22(16)21-17(25-18)14-6-4-5-7-15(14)23-2/h4-11,17,21H,3H2,1-2H3. The van der Waals surface area contributed by atoms with Gasteiger partial charge in [0.05, 0.1) is 13.7 Å². The van der Waals surface area contributed by atoms with Gasteiger partial charge in [0.15, 0.2) is 5.82 Å². The molecule has 6 nitrogen and oxygen atoms in total. The quantitative estimate of drug-likeness (QED) is 0.754. The topological polar surface area (TPSA) is 61.2 Å². The minimum atomic E-state index is 0.0306. The maximum atomic E-state index is 5.49. The molecular weight excluding hydrogens is 336 g/mol. The van der Waals surface area contributed by atoms with Gasteiger partial charge in [0, 0.05) is 11.1 Å². The summed E-state index contributed by atoms with van der Waals surface area (Å²) >= 11 is 1.62. The van der Waals surface area contributed by atoms with Gasteiger partial charge in [0.1, 0.15) is 16.9 Å². The summed E-state index contributed by atoms with van der Waals surface area (Å²) < 4.78 is 12.9. The SMILES string of the molecule is CCOc1ccc(-c2nnc3n2NC(c2ccccc2OC)S3)cc1. The van der Waals surface area contributed by atoms with Gasteiger partial charge in [0.2, 0.25) is 5.16 Å². The number of ether oxygens (including phenoxy) is 2. The lowest BCUT2D eigenvalue weighted by Crippen LogP contribution is -2.14. The fraction of sp³-hybridized carbons (Fsp3) is 0.222. The van der Waals surface area contributed by atoms with Crippen molar-refractivity contribution >= 4 is 11.8 Å². The van der Waals surface area contributed by atoms with E-state index in [9.17, 15) is 0 Å². The number of nitrogens with zero attached hydrogens (tertiary/aromatic N) is 3. The number of benzene rings is 2. The number of para-hydroxylation sites is 1. The van der Waals surface area contributed by atoms with E-state index in [1.54, 1.807) is 18.9 Å². The summed E-state index contributed by atoms with van der Waals surface area (Å²) in [6.07, 6.45) is 0. The molecule has 25 heavy (non-hydrogen) atoms. The van der Waals surface area contributed by atoms with Gasteiger partial charge in [-0.3, -0.25) is 0 Å². The molecule has 0 aliphatic carbocycles. The number of hydrogen-bond acceptors (Lipinski definition) is 6. The Morgan fingerprint density at radius 2 is 1.92 bits per heavy atom. The number of aromatic nitrogens is 3. The van der Waals surface area contributed by atoms with Crippen molar-refractivity contribution in [2.24, 2.45) is 0 Å². The van der Waals surface area contributed by atoms with Crippen molar-refractivity contribution in [3.8, 4) is 22.9 Å². The monoisotopic (exact) mass is 354 g/mol. The van der Waals surface area contributed by atoms with Gasteiger partial charge in [-0.15, -0.1) is 10.2 Å². The van der Waals surface area contributed by atoms with Crippen LogP contribution in [0.2, 0.25) is 0 Å². The molecule has 1 unspecified atom stereocenters. The molecule has 7 heteroatoms. The lowest BCUT2D eigenvalue weighted by molar-refractivity contribution is 0.340. The molecule has 1 atom stereocenters. The van der Waals surface area contributed by atoms with Crippen LogP contribution in [0.5, 0.6) is 11.5 Å². The Bertz CT molecular complexity index is 879. The van der Waals surface area contributed by atoms with Crippen molar-refractivity contribution in [3.63, 3.8) is 0 Å². The molecule has 0 spiro atoms. The van der Waals surface area contributed by atoms with Crippen LogP contribution in [0.4, 0.5) is 0 Å². The average molecular weight is 354 g/mol. The number of methoxy groups -OCH3 is 1. The third-order valence-corrected chi connectivity index (χ3v) is 5.02. The maximum absolute atomic E-state index is 5.49. The Balaban J connectivity index is 1.61. The molecule has 2 aromatic carbocycles. The van der Waals surface area contributed by atoms with Gasteiger partial charge >= 0.3 is 0 Å². The van der Waals surface area contributed by atoms with Gasteiger partial charge in [-0.2, -0.15) is 0 Å². The molecule has 0 saturated heterocycles. The Morgan fingerprint density at radius 3 is 2.68 bits per heavy atom. The molecule has 1 N–H and O–H groups in total. The van der Waals surface area contributed by atoms with Crippen LogP contribution in [-0.4, -0.2) is 28.6 Å². The minimum absolute atomic E-state index is 0.0306. The summed E-state index contributed by atoms with van der Waals surface area (Å²) in [5.74, 6) is 2.48. The normalized spacial score (nSPS) is 15.5. The van der Waals surface area contributed by atoms with Crippen LogP contribution in [0.3, 0.4) is 0 Å². The molecule has 3 aromatic rings. The Hall–Kier alpha value is -2.67. The van der Waals surface area contributed by atoms with E-state index in [2.05, 4.69) is 21.7 Å². The van der Waals surface area contributed by atoms with Crippen LogP contribution >= 0.6 is 11.8 Å². The first-order chi connectivity index (χ1) is 12.3. The van der Waals surface area contributed by atoms with Crippen LogP contribution in [0.15, 0.2) is 53.7 Å². The number of nitrogens with one attached hydrogen (secondary N) is 1. The van der Waals surface area contributed by atoms with E-state index in [0.29, 0.717) is 6.61 Å². The van der Waals surface area contributed by atoms with Crippen LogP contribution < -0.4 is 14.9 Å².